The number of carbonyl (C=O) groups excluding carboxylic acids is 1. The molecule has 1 heterocycles. The molecule has 0 saturated heterocycles. The van der Waals surface area contributed by atoms with Gasteiger partial charge in [0.15, 0.2) is 5.78 Å². The number of hydrogen-bond acceptors (Lipinski definition) is 1. The molecule has 0 fully saturated rings. The van der Waals surface area contributed by atoms with Gasteiger partial charge in [-0.15, -0.1) is 0 Å². The molecule has 0 aliphatic heterocycles. The normalized spacial score (nSPS) is 12.1. The lowest BCUT2D eigenvalue weighted by molar-refractivity contribution is 0.0860. The quantitative estimate of drug-likeness (QED) is 0.699. The molecule has 90 valence electrons. The Kier molecular flexibility index (Phi) is 2.78. The molecule has 2 aromatic rings. The Morgan fingerprint density at radius 1 is 1.29 bits per heavy atom. The van der Waals surface area contributed by atoms with Crippen LogP contribution in [0.4, 0.5) is 0 Å². The van der Waals surface area contributed by atoms with Gasteiger partial charge in [-0.25, -0.2) is 0 Å². The zero-order valence-corrected chi connectivity index (χ0v) is 11.3. The summed E-state index contributed by atoms with van der Waals surface area (Å²) in [5.41, 5.74) is 1.39. The molecular weight excluding hydrogens is 234 g/mol. The molecule has 2 nitrogen and oxygen atoms in total. The molecule has 0 radical (unpaired) electrons. The zero-order valence-electron chi connectivity index (χ0n) is 10.5. The van der Waals surface area contributed by atoms with Gasteiger partial charge in [0.25, 0.3) is 0 Å². The van der Waals surface area contributed by atoms with E-state index in [1.54, 1.807) is 0 Å². The summed E-state index contributed by atoms with van der Waals surface area (Å²) in [5, 5.41) is 1.66. The van der Waals surface area contributed by atoms with Crippen LogP contribution in [0.5, 0.6) is 0 Å². The molecule has 0 bridgehead atoms. The lowest BCUT2D eigenvalue weighted by Crippen LogP contribution is -2.19. The van der Waals surface area contributed by atoms with Crippen molar-refractivity contribution in [1.29, 1.82) is 0 Å². The predicted octanol–water partition coefficient (Wildman–Crippen LogP) is 4.06. The van der Waals surface area contributed by atoms with Crippen LogP contribution in [-0.4, -0.2) is 10.4 Å². The Balaban J connectivity index is 2.68. The summed E-state index contributed by atoms with van der Waals surface area (Å²) in [7, 11) is 1.93. The first-order valence-corrected chi connectivity index (χ1v) is 5.98. The molecule has 1 aromatic carbocycles. The summed E-state index contributed by atoms with van der Waals surface area (Å²) in [6.07, 6.45) is 1.88. The molecule has 0 atom stereocenters. The lowest BCUT2D eigenvalue weighted by Gasteiger charge is -2.15. The first-order valence-electron chi connectivity index (χ1n) is 5.60. The second-order valence-corrected chi connectivity index (χ2v) is 5.83. The van der Waals surface area contributed by atoms with Crippen LogP contribution in [0.15, 0.2) is 24.4 Å². The van der Waals surface area contributed by atoms with E-state index in [0.29, 0.717) is 5.02 Å². The molecule has 0 aliphatic rings. The largest absolute Gasteiger partial charge is 0.350 e. The predicted molar refractivity (Wildman–Crippen MR) is 71.7 cm³/mol. The van der Waals surface area contributed by atoms with E-state index in [4.69, 9.17) is 11.6 Å². The maximum absolute atomic E-state index is 12.3. The van der Waals surface area contributed by atoms with Gasteiger partial charge < -0.3 is 4.57 Å². The molecule has 0 N–H and O–H groups in total. The number of hydrogen-bond donors (Lipinski definition) is 0. The number of carbonyl (C=O) groups is 1. The Bertz CT molecular complexity index is 590. The Hall–Kier alpha value is -1.28. The van der Waals surface area contributed by atoms with Gasteiger partial charge in [0.05, 0.1) is 0 Å². The average molecular weight is 250 g/mol. The summed E-state index contributed by atoms with van der Waals surface area (Å²) in [6, 6.07) is 5.62. The summed E-state index contributed by atoms with van der Waals surface area (Å²) in [6.45, 7) is 5.80. The van der Waals surface area contributed by atoms with Crippen LogP contribution >= 0.6 is 11.6 Å². The van der Waals surface area contributed by atoms with Crippen molar-refractivity contribution in [3.05, 3.63) is 35.0 Å². The van der Waals surface area contributed by atoms with Crippen molar-refractivity contribution in [1.82, 2.24) is 4.57 Å². The van der Waals surface area contributed by atoms with Crippen LogP contribution in [0.2, 0.25) is 5.02 Å². The fourth-order valence-electron chi connectivity index (χ4n) is 1.94. The molecule has 0 saturated carbocycles. The molecule has 0 aliphatic carbocycles. The van der Waals surface area contributed by atoms with Crippen molar-refractivity contribution in [3.63, 3.8) is 0 Å². The van der Waals surface area contributed by atoms with Crippen LogP contribution in [0, 0.1) is 5.41 Å². The van der Waals surface area contributed by atoms with E-state index in [1.807, 2.05) is 56.8 Å². The van der Waals surface area contributed by atoms with Gasteiger partial charge in [-0.3, -0.25) is 4.79 Å². The minimum absolute atomic E-state index is 0.158. The summed E-state index contributed by atoms with van der Waals surface area (Å²) in [5.74, 6) is 0.158. The highest BCUT2D eigenvalue weighted by atomic mass is 35.5. The third-order valence-corrected chi connectivity index (χ3v) is 3.11. The van der Waals surface area contributed by atoms with E-state index < -0.39 is 0 Å². The van der Waals surface area contributed by atoms with Crippen LogP contribution in [0.25, 0.3) is 10.9 Å². The number of ketones is 1. The molecule has 0 spiro atoms. The number of benzene rings is 1. The molecule has 1 aromatic heterocycles. The first kappa shape index (κ1) is 12.2. The Morgan fingerprint density at radius 2 is 1.94 bits per heavy atom. The van der Waals surface area contributed by atoms with Crippen molar-refractivity contribution >= 4 is 28.3 Å². The monoisotopic (exact) mass is 249 g/mol. The van der Waals surface area contributed by atoms with Crippen molar-refractivity contribution in [2.75, 3.05) is 0 Å². The molecule has 17 heavy (non-hydrogen) atoms. The summed E-state index contributed by atoms with van der Waals surface area (Å²) in [4.78, 5) is 12.3. The van der Waals surface area contributed by atoms with E-state index in [1.165, 1.54) is 0 Å². The standard InChI is InChI=1S/C14H16ClNO/c1-14(2,3)13(17)11-8-16(4)12-7-9(15)5-6-10(11)12/h5-8H,1-4H3. The number of aromatic nitrogens is 1. The van der Waals surface area contributed by atoms with E-state index in [0.717, 1.165) is 16.5 Å². The average Bonchev–Trinajstić information content (AvgIpc) is 2.53. The van der Waals surface area contributed by atoms with Crippen LogP contribution < -0.4 is 0 Å². The van der Waals surface area contributed by atoms with E-state index in [9.17, 15) is 4.79 Å². The summed E-state index contributed by atoms with van der Waals surface area (Å²) < 4.78 is 1.94. The fourth-order valence-corrected chi connectivity index (χ4v) is 2.11. The van der Waals surface area contributed by atoms with Gasteiger partial charge in [-0.2, -0.15) is 0 Å². The third-order valence-electron chi connectivity index (χ3n) is 2.88. The highest BCUT2D eigenvalue weighted by Crippen LogP contribution is 2.29. The van der Waals surface area contributed by atoms with E-state index >= 15 is 0 Å². The van der Waals surface area contributed by atoms with Crippen molar-refractivity contribution in [3.8, 4) is 0 Å². The number of fused-ring (bicyclic) bond motifs is 1. The molecule has 0 amide bonds. The molecule has 0 unspecified atom stereocenters. The van der Waals surface area contributed by atoms with Gasteiger partial charge in [-0.05, 0) is 12.1 Å². The van der Waals surface area contributed by atoms with Crippen LogP contribution in [0.1, 0.15) is 31.1 Å². The van der Waals surface area contributed by atoms with Gasteiger partial charge >= 0.3 is 0 Å². The SMILES string of the molecule is Cn1cc(C(=O)C(C)(C)C)c2ccc(Cl)cc21. The summed E-state index contributed by atoms with van der Waals surface area (Å²) >= 11 is 5.97. The van der Waals surface area contributed by atoms with Crippen molar-refractivity contribution in [2.24, 2.45) is 12.5 Å². The number of rotatable bonds is 1. The number of nitrogens with zero attached hydrogens (tertiary/aromatic N) is 1. The highest BCUT2D eigenvalue weighted by molar-refractivity contribution is 6.31. The van der Waals surface area contributed by atoms with Crippen LogP contribution in [-0.2, 0) is 7.05 Å². The Labute approximate surface area is 106 Å². The van der Waals surface area contributed by atoms with Gasteiger partial charge in [0.2, 0.25) is 0 Å². The van der Waals surface area contributed by atoms with E-state index in [-0.39, 0.29) is 11.2 Å². The topological polar surface area (TPSA) is 22.0 Å². The number of halogens is 1. The van der Waals surface area contributed by atoms with Crippen molar-refractivity contribution < 1.29 is 4.79 Å². The molecule has 2 rings (SSSR count). The number of aryl methyl sites for hydroxylation is 1. The minimum Gasteiger partial charge on any atom is -0.350 e. The van der Waals surface area contributed by atoms with Gasteiger partial charge in [0.1, 0.15) is 0 Å². The maximum Gasteiger partial charge on any atom is 0.170 e. The highest BCUT2D eigenvalue weighted by Gasteiger charge is 2.25. The van der Waals surface area contributed by atoms with Crippen LogP contribution in [0.3, 0.4) is 0 Å². The second kappa shape index (κ2) is 3.88. The zero-order chi connectivity index (χ0) is 12.8. The maximum atomic E-state index is 12.3. The minimum atomic E-state index is -0.367. The van der Waals surface area contributed by atoms with Crippen molar-refractivity contribution in [2.45, 2.75) is 20.8 Å². The van der Waals surface area contributed by atoms with Gasteiger partial charge in [-0.1, -0.05) is 38.4 Å². The second-order valence-electron chi connectivity index (χ2n) is 5.39. The first-order chi connectivity index (χ1) is 7.80. The third kappa shape index (κ3) is 2.09. The smallest absolute Gasteiger partial charge is 0.170 e. The Morgan fingerprint density at radius 3 is 2.53 bits per heavy atom. The molecular formula is C14H16ClNO. The van der Waals surface area contributed by atoms with Gasteiger partial charge in [0, 0.05) is 40.1 Å². The molecule has 3 heteroatoms. The van der Waals surface area contributed by atoms with E-state index in [2.05, 4.69) is 0 Å². The lowest BCUT2D eigenvalue weighted by atomic mass is 9.86. The fraction of sp³-hybridized carbons (Fsp3) is 0.357. The number of Topliss-reactive ketones (excluding diaryl/α,β-unsaturated/α-hetero) is 1.